The van der Waals surface area contributed by atoms with Crippen molar-refractivity contribution in [2.24, 2.45) is 11.7 Å². The van der Waals surface area contributed by atoms with Crippen LogP contribution in [0.3, 0.4) is 0 Å². The molecule has 6 heteroatoms. The first-order chi connectivity index (χ1) is 9.69. The third-order valence-corrected chi connectivity index (χ3v) is 4.20. The first-order valence-electron chi connectivity index (χ1n) is 7.32. The molecule has 0 spiro atoms. The molecule has 1 amide bonds. The number of nitrogens with zero attached hydrogens (tertiary/aromatic N) is 1. The smallest absolute Gasteiger partial charge is 0.237 e. The van der Waals surface area contributed by atoms with Crippen LogP contribution in [0.15, 0.2) is 10.9 Å². The molecule has 0 bridgehead atoms. The summed E-state index contributed by atoms with van der Waals surface area (Å²) < 4.78 is 0. The minimum Gasteiger partial charge on any atom is -0.354 e. The Kier molecular flexibility index (Phi) is 5.94. The molecule has 0 aromatic carbocycles. The average Bonchev–Trinajstić information content (AvgIpc) is 3.13. The maximum absolute atomic E-state index is 12.0. The molecule has 1 aromatic rings. The van der Waals surface area contributed by atoms with Gasteiger partial charge in [0.25, 0.3) is 0 Å². The lowest BCUT2D eigenvalue weighted by Gasteiger charge is -2.19. The van der Waals surface area contributed by atoms with E-state index in [2.05, 4.69) is 15.6 Å². The molecule has 2 atom stereocenters. The van der Waals surface area contributed by atoms with E-state index in [-0.39, 0.29) is 18.0 Å². The van der Waals surface area contributed by atoms with Crippen LogP contribution >= 0.6 is 11.3 Å². The molecule has 1 aliphatic rings. The van der Waals surface area contributed by atoms with Gasteiger partial charge in [0.1, 0.15) is 0 Å². The highest BCUT2D eigenvalue weighted by Crippen LogP contribution is 2.27. The first kappa shape index (κ1) is 15.4. The Morgan fingerprint density at radius 3 is 3.00 bits per heavy atom. The molecule has 0 aliphatic heterocycles. The van der Waals surface area contributed by atoms with Crippen molar-refractivity contribution < 1.29 is 4.79 Å². The van der Waals surface area contributed by atoms with Gasteiger partial charge in [0, 0.05) is 30.9 Å². The van der Waals surface area contributed by atoms with Crippen molar-refractivity contribution >= 4 is 17.2 Å². The van der Waals surface area contributed by atoms with Crippen molar-refractivity contribution in [1.29, 1.82) is 0 Å². The Labute approximate surface area is 124 Å². The molecule has 1 heterocycles. The van der Waals surface area contributed by atoms with E-state index in [0.29, 0.717) is 12.5 Å². The molecular weight excluding hydrogens is 272 g/mol. The summed E-state index contributed by atoms with van der Waals surface area (Å²) in [6.07, 6.45) is 4.03. The number of thiazole rings is 1. The zero-order valence-electron chi connectivity index (χ0n) is 12.0. The summed E-state index contributed by atoms with van der Waals surface area (Å²) in [4.78, 5) is 16.2. The Morgan fingerprint density at radius 2 is 2.40 bits per heavy atom. The number of rotatable bonds is 9. The van der Waals surface area contributed by atoms with Gasteiger partial charge in [-0.15, -0.1) is 11.3 Å². The van der Waals surface area contributed by atoms with Gasteiger partial charge < -0.3 is 16.4 Å². The van der Waals surface area contributed by atoms with Crippen LogP contribution in [0.1, 0.15) is 31.9 Å². The quantitative estimate of drug-likeness (QED) is 0.633. The fourth-order valence-electron chi connectivity index (χ4n) is 2.09. The normalized spacial score (nSPS) is 17.7. The van der Waals surface area contributed by atoms with Gasteiger partial charge in [0.05, 0.1) is 17.2 Å². The number of carbonyl (C=O) groups is 1. The Balaban J connectivity index is 1.67. The van der Waals surface area contributed by atoms with E-state index >= 15 is 0 Å². The van der Waals surface area contributed by atoms with Crippen LogP contribution in [0.4, 0.5) is 0 Å². The topological polar surface area (TPSA) is 80.0 Å². The van der Waals surface area contributed by atoms with E-state index in [9.17, 15) is 4.79 Å². The number of nitrogens with two attached hydrogens (primary N) is 1. The predicted octanol–water partition coefficient (Wildman–Crippen LogP) is 0.907. The summed E-state index contributed by atoms with van der Waals surface area (Å²) in [5, 5.41) is 8.29. The average molecular weight is 296 g/mol. The van der Waals surface area contributed by atoms with Gasteiger partial charge >= 0.3 is 0 Å². The van der Waals surface area contributed by atoms with Crippen molar-refractivity contribution in [2.75, 3.05) is 13.1 Å². The predicted molar refractivity (Wildman–Crippen MR) is 81.6 cm³/mol. The van der Waals surface area contributed by atoms with Crippen LogP contribution in [0.5, 0.6) is 0 Å². The molecule has 1 saturated carbocycles. The SMILES string of the molecule is CC[C@H](NC[C@@H](N)Cc1cscn1)C(=O)NCC1CC1. The van der Waals surface area contributed by atoms with Gasteiger partial charge in [-0.05, 0) is 25.2 Å². The second-order valence-electron chi connectivity index (χ2n) is 5.50. The zero-order valence-corrected chi connectivity index (χ0v) is 12.8. The third kappa shape index (κ3) is 5.19. The molecule has 112 valence electrons. The summed E-state index contributed by atoms with van der Waals surface area (Å²) in [5.74, 6) is 0.809. The highest BCUT2D eigenvalue weighted by Gasteiger charge is 2.23. The van der Waals surface area contributed by atoms with E-state index < -0.39 is 0 Å². The molecule has 1 aromatic heterocycles. The Hall–Kier alpha value is -0.980. The van der Waals surface area contributed by atoms with Gasteiger partial charge in [-0.25, -0.2) is 4.98 Å². The van der Waals surface area contributed by atoms with Crippen LogP contribution in [0, 0.1) is 5.92 Å². The van der Waals surface area contributed by atoms with E-state index in [1.165, 1.54) is 12.8 Å². The highest BCUT2D eigenvalue weighted by atomic mass is 32.1. The van der Waals surface area contributed by atoms with Crippen LogP contribution in [-0.2, 0) is 11.2 Å². The Morgan fingerprint density at radius 1 is 1.60 bits per heavy atom. The highest BCUT2D eigenvalue weighted by molar-refractivity contribution is 7.07. The first-order valence-corrected chi connectivity index (χ1v) is 8.27. The second kappa shape index (κ2) is 7.71. The molecule has 0 saturated heterocycles. The largest absolute Gasteiger partial charge is 0.354 e. The number of amides is 1. The number of carbonyl (C=O) groups excluding carboxylic acids is 1. The van der Waals surface area contributed by atoms with Gasteiger partial charge in [-0.3, -0.25) is 4.79 Å². The van der Waals surface area contributed by atoms with E-state index in [0.717, 1.165) is 25.1 Å². The summed E-state index contributed by atoms with van der Waals surface area (Å²) in [6, 6.07) is -0.155. The van der Waals surface area contributed by atoms with Crippen molar-refractivity contribution in [3.8, 4) is 0 Å². The van der Waals surface area contributed by atoms with Crippen molar-refractivity contribution in [3.05, 3.63) is 16.6 Å². The van der Waals surface area contributed by atoms with Crippen molar-refractivity contribution in [1.82, 2.24) is 15.6 Å². The molecule has 5 nitrogen and oxygen atoms in total. The zero-order chi connectivity index (χ0) is 14.4. The maximum Gasteiger partial charge on any atom is 0.237 e. The van der Waals surface area contributed by atoms with E-state index in [1.807, 2.05) is 17.8 Å². The van der Waals surface area contributed by atoms with Gasteiger partial charge in [0.15, 0.2) is 0 Å². The van der Waals surface area contributed by atoms with Crippen LogP contribution in [0.2, 0.25) is 0 Å². The van der Waals surface area contributed by atoms with Crippen LogP contribution < -0.4 is 16.4 Å². The molecule has 20 heavy (non-hydrogen) atoms. The fourth-order valence-corrected chi connectivity index (χ4v) is 2.66. The molecule has 0 unspecified atom stereocenters. The number of hydrogen-bond acceptors (Lipinski definition) is 5. The number of nitrogens with one attached hydrogen (secondary N) is 2. The van der Waals surface area contributed by atoms with E-state index in [1.54, 1.807) is 11.3 Å². The lowest BCUT2D eigenvalue weighted by molar-refractivity contribution is -0.123. The molecule has 2 rings (SSSR count). The van der Waals surface area contributed by atoms with E-state index in [4.69, 9.17) is 5.73 Å². The van der Waals surface area contributed by atoms with Crippen molar-refractivity contribution in [2.45, 2.75) is 44.7 Å². The lowest BCUT2D eigenvalue weighted by Crippen LogP contribution is -2.48. The van der Waals surface area contributed by atoms with Crippen LogP contribution in [0.25, 0.3) is 0 Å². The minimum absolute atomic E-state index is 0.0117. The molecule has 4 N–H and O–H groups in total. The van der Waals surface area contributed by atoms with Crippen molar-refractivity contribution in [3.63, 3.8) is 0 Å². The molecule has 1 fully saturated rings. The monoisotopic (exact) mass is 296 g/mol. The van der Waals surface area contributed by atoms with Gasteiger partial charge in [-0.1, -0.05) is 6.92 Å². The van der Waals surface area contributed by atoms with Gasteiger partial charge in [0.2, 0.25) is 5.91 Å². The molecule has 1 aliphatic carbocycles. The molecule has 0 radical (unpaired) electrons. The number of aromatic nitrogens is 1. The third-order valence-electron chi connectivity index (χ3n) is 3.57. The summed E-state index contributed by atoms with van der Waals surface area (Å²) >= 11 is 1.58. The Bertz CT molecular complexity index is 405. The minimum atomic E-state index is -0.143. The summed E-state index contributed by atoms with van der Waals surface area (Å²) in [7, 11) is 0. The molecular formula is C14H24N4OS. The standard InChI is InChI=1S/C14H24N4OS/c1-2-13(14(19)17-6-10-3-4-10)16-7-11(15)5-12-8-20-9-18-12/h8-11,13,16H,2-7,15H2,1H3,(H,17,19)/t11-,13-/m0/s1. The maximum atomic E-state index is 12.0. The number of hydrogen-bond donors (Lipinski definition) is 3. The fraction of sp³-hybridized carbons (Fsp3) is 0.714. The lowest BCUT2D eigenvalue weighted by atomic mass is 10.1. The van der Waals surface area contributed by atoms with Crippen LogP contribution in [-0.4, -0.2) is 36.1 Å². The van der Waals surface area contributed by atoms with Gasteiger partial charge in [-0.2, -0.15) is 0 Å². The second-order valence-corrected chi connectivity index (χ2v) is 6.22. The summed E-state index contributed by atoms with van der Waals surface area (Å²) in [5.41, 5.74) is 8.91. The summed E-state index contributed by atoms with van der Waals surface area (Å²) in [6.45, 7) is 3.47.